The molecule has 24 heavy (non-hydrogen) atoms. The molecule has 0 aliphatic carbocycles. The van der Waals surface area contributed by atoms with Gasteiger partial charge in [-0.3, -0.25) is 4.79 Å². The lowest BCUT2D eigenvalue weighted by Crippen LogP contribution is -2.48. The van der Waals surface area contributed by atoms with E-state index >= 15 is 0 Å². The number of carbonyl (C=O) groups is 1. The fourth-order valence-corrected chi connectivity index (χ4v) is 3.08. The van der Waals surface area contributed by atoms with Crippen molar-refractivity contribution >= 4 is 5.91 Å². The van der Waals surface area contributed by atoms with E-state index in [4.69, 9.17) is 10.5 Å². The molecule has 6 heteroatoms. The van der Waals surface area contributed by atoms with Gasteiger partial charge in [-0.25, -0.2) is 4.98 Å². The molecule has 1 aliphatic rings. The van der Waals surface area contributed by atoms with Gasteiger partial charge in [-0.1, -0.05) is 24.3 Å². The Labute approximate surface area is 142 Å². The number of hydrogen-bond acceptors (Lipinski definition) is 4. The molecule has 128 valence electrons. The maximum atomic E-state index is 12.6. The Kier molecular flexibility index (Phi) is 5.27. The van der Waals surface area contributed by atoms with Crippen LogP contribution in [0.4, 0.5) is 0 Å². The SMILES string of the molecule is NCC1(C(=O)NCc2cccc(Cn3ccnc3)c2)CCOCC1. The number of rotatable bonds is 6. The van der Waals surface area contributed by atoms with Crippen LogP contribution in [0.25, 0.3) is 0 Å². The van der Waals surface area contributed by atoms with Crippen LogP contribution in [0, 0.1) is 5.41 Å². The van der Waals surface area contributed by atoms with Crippen LogP contribution in [0.3, 0.4) is 0 Å². The van der Waals surface area contributed by atoms with Crippen molar-refractivity contribution in [2.24, 2.45) is 11.1 Å². The van der Waals surface area contributed by atoms with E-state index in [1.807, 2.05) is 22.9 Å². The third kappa shape index (κ3) is 3.83. The number of amides is 1. The van der Waals surface area contributed by atoms with Gasteiger partial charge in [0.15, 0.2) is 0 Å². The van der Waals surface area contributed by atoms with Crippen LogP contribution in [0.1, 0.15) is 24.0 Å². The van der Waals surface area contributed by atoms with E-state index in [0.29, 0.717) is 39.1 Å². The lowest BCUT2D eigenvalue weighted by atomic mass is 9.79. The van der Waals surface area contributed by atoms with Gasteiger partial charge in [0, 0.05) is 45.2 Å². The van der Waals surface area contributed by atoms with Crippen molar-refractivity contribution in [2.75, 3.05) is 19.8 Å². The summed E-state index contributed by atoms with van der Waals surface area (Å²) in [7, 11) is 0. The molecule has 1 fully saturated rings. The Morgan fingerprint density at radius 1 is 1.33 bits per heavy atom. The van der Waals surface area contributed by atoms with Crippen molar-refractivity contribution in [3.63, 3.8) is 0 Å². The molecule has 0 saturated carbocycles. The second-order valence-corrected chi connectivity index (χ2v) is 6.33. The first-order valence-corrected chi connectivity index (χ1v) is 8.31. The summed E-state index contributed by atoms with van der Waals surface area (Å²) in [5.41, 5.74) is 7.67. The van der Waals surface area contributed by atoms with Crippen LogP contribution in [-0.2, 0) is 22.6 Å². The third-order valence-corrected chi connectivity index (χ3v) is 4.69. The summed E-state index contributed by atoms with van der Waals surface area (Å²) in [4.78, 5) is 16.7. The second-order valence-electron chi connectivity index (χ2n) is 6.33. The van der Waals surface area contributed by atoms with E-state index in [-0.39, 0.29) is 5.91 Å². The first kappa shape index (κ1) is 16.7. The van der Waals surface area contributed by atoms with Crippen molar-refractivity contribution in [2.45, 2.75) is 25.9 Å². The highest BCUT2D eigenvalue weighted by Gasteiger charge is 2.38. The second kappa shape index (κ2) is 7.59. The quantitative estimate of drug-likeness (QED) is 0.837. The predicted octanol–water partition coefficient (Wildman–Crippen LogP) is 1.30. The first-order valence-electron chi connectivity index (χ1n) is 8.31. The molecular formula is C18H24N4O2. The maximum absolute atomic E-state index is 12.6. The van der Waals surface area contributed by atoms with Crippen molar-refractivity contribution < 1.29 is 9.53 Å². The highest BCUT2D eigenvalue weighted by molar-refractivity contribution is 5.83. The summed E-state index contributed by atoms with van der Waals surface area (Å²) >= 11 is 0. The number of nitrogens with one attached hydrogen (secondary N) is 1. The van der Waals surface area contributed by atoms with Crippen LogP contribution < -0.4 is 11.1 Å². The first-order chi connectivity index (χ1) is 11.7. The predicted molar refractivity (Wildman–Crippen MR) is 91.2 cm³/mol. The molecule has 2 aromatic rings. The Bertz CT molecular complexity index is 663. The fourth-order valence-electron chi connectivity index (χ4n) is 3.08. The molecule has 0 atom stereocenters. The van der Waals surface area contributed by atoms with E-state index < -0.39 is 5.41 Å². The molecular weight excluding hydrogens is 304 g/mol. The van der Waals surface area contributed by atoms with Gasteiger partial charge in [0.1, 0.15) is 0 Å². The number of aromatic nitrogens is 2. The van der Waals surface area contributed by atoms with Gasteiger partial charge in [-0.2, -0.15) is 0 Å². The summed E-state index contributed by atoms with van der Waals surface area (Å²) < 4.78 is 7.38. The monoisotopic (exact) mass is 328 g/mol. The summed E-state index contributed by atoms with van der Waals surface area (Å²) in [5, 5.41) is 3.05. The molecule has 1 aromatic carbocycles. The average molecular weight is 328 g/mol. The Hall–Kier alpha value is -2.18. The topological polar surface area (TPSA) is 82.2 Å². The Balaban J connectivity index is 1.60. The third-order valence-electron chi connectivity index (χ3n) is 4.69. The van der Waals surface area contributed by atoms with Gasteiger partial charge in [0.25, 0.3) is 0 Å². The minimum atomic E-state index is -0.479. The van der Waals surface area contributed by atoms with Gasteiger partial charge >= 0.3 is 0 Å². The maximum Gasteiger partial charge on any atom is 0.227 e. The molecule has 3 N–H and O–H groups in total. The van der Waals surface area contributed by atoms with E-state index in [9.17, 15) is 4.79 Å². The Morgan fingerprint density at radius 3 is 2.83 bits per heavy atom. The van der Waals surface area contributed by atoms with Crippen molar-refractivity contribution in [3.05, 3.63) is 54.1 Å². The summed E-state index contributed by atoms with van der Waals surface area (Å²) in [5.74, 6) is 0.0355. The highest BCUT2D eigenvalue weighted by atomic mass is 16.5. The van der Waals surface area contributed by atoms with E-state index in [2.05, 4.69) is 22.4 Å². The van der Waals surface area contributed by atoms with Crippen LogP contribution in [0.5, 0.6) is 0 Å². The number of carbonyl (C=O) groups excluding carboxylic acids is 1. The lowest BCUT2D eigenvalue weighted by molar-refractivity contribution is -0.136. The summed E-state index contributed by atoms with van der Waals surface area (Å²) in [6, 6.07) is 8.22. The normalized spacial score (nSPS) is 16.7. The molecule has 1 aliphatic heterocycles. The van der Waals surface area contributed by atoms with Crippen molar-refractivity contribution in [1.29, 1.82) is 0 Å². The molecule has 1 saturated heterocycles. The van der Waals surface area contributed by atoms with Crippen molar-refractivity contribution in [3.8, 4) is 0 Å². The number of imidazole rings is 1. The molecule has 6 nitrogen and oxygen atoms in total. The van der Waals surface area contributed by atoms with Gasteiger partial charge < -0.3 is 20.4 Å². The molecule has 2 heterocycles. The van der Waals surface area contributed by atoms with Crippen LogP contribution in [-0.4, -0.2) is 35.2 Å². The molecule has 0 radical (unpaired) electrons. The minimum absolute atomic E-state index is 0.0355. The summed E-state index contributed by atoms with van der Waals surface area (Å²) in [6.45, 7) is 2.85. The number of benzene rings is 1. The summed E-state index contributed by atoms with van der Waals surface area (Å²) in [6.07, 6.45) is 6.88. The van der Waals surface area contributed by atoms with Crippen LogP contribution in [0.15, 0.2) is 43.0 Å². The molecule has 1 amide bonds. The van der Waals surface area contributed by atoms with Gasteiger partial charge in [0.05, 0.1) is 11.7 Å². The Morgan fingerprint density at radius 2 is 2.12 bits per heavy atom. The largest absolute Gasteiger partial charge is 0.381 e. The van der Waals surface area contributed by atoms with Crippen LogP contribution in [0.2, 0.25) is 0 Å². The minimum Gasteiger partial charge on any atom is -0.381 e. The number of ether oxygens (including phenoxy) is 1. The van der Waals surface area contributed by atoms with Gasteiger partial charge in [0.2, 0.25) is 5.91 Å². The molecule has 1 aromatic heterocycles. The molecule has 0 bridgehead atoms. The van der Waals surface area contributed by atoms with Gasteiger partial charge in [-0.05, 0) is 24.0 Å². The zero-order valence-electron chi connectivity index (χ0n) is 13.8. The van der Waals surface area contributed by atoms with Crippen LogP contribution >= 0.6 is 0 Å². The van der Waals surface area contributed by atoms with Gasteiger partial charge in [-0.15, -0.1) is 0 Å². The number of hydrogen-bond donors (Lipinski definition) is 2. The zero-order valence-corrected chi connectivity index (χ0v) is 13.8. The van der Waals surface area contributed by atoms with E-state index in [1.165, 1.54) is 5.56 Å². The zero-order chi connectivity index (χ0) is 16.8. The fraction of sp³-hybridized carbons (Fsp3) is 0.444. The average Bonchev–Trinajstić information content (AvgIpc) is 3.13. The molecule has 3 rings (SSSR count). The van der Waals surface area contributed by atoms with Crippen molar-refractivity contribution in [1.82, 2.24) is 14.9 Å². The van der Waals surface area contributed by atoms with E-state index in [0.717, 1.165) is 12.1 Å². The molecule has 0 spiro atoms. The van der Waals surface area contributed by atoms with E-state index in [1.54, 1.807) is 12.5 Å². The molecule has 0 unspecified atom stereocenters. The number of nitrogens with two attached hydrogens (primary N) is 1. The lowest BCUT2D eigenvalue weighted by Gasteiger charge is -2.34. The standard InChI is InChI=1S/C18H24N4O2/c19-13-18(4-8-24-9-5-18)17(23)21-11-15-2-1-3-16(10-15)12-22-7-6-20-14-22/h1-3,6-7,10,14H,4-5,8-9,11-13,19H2,(H,21,23). The highest BCUT2D eigenvalue weighted by Crippen LogP contribution is 2.29. The number of nitrogens with zero attached hydrogens (tertiary/aromatic N) is 2. The smallest absolute Gasteiger partial charge is 0.227 e.